The molecule has 7 nitrogen and oxygen atoms in total. The number of amides is 1. The van der Waals surface area contributed by atoms with Crippen molar-refractivity contribution in [2.75, 3.05) is 4.90 Å². The first-order valence-corrected chi connectivity index (χ1v) is 10.8. The molecule has 2 aromatic heterocycles. The molecule has 0 bridgehead atoms. The number of nitrogens with one attached hydrogen (secondary N) is 1. The van der Waals surface area contributed by atoms with E-state index in [0.29, 0.717) is 29.2 Å². The molecule has 32 heavy (non-hydrogen) atoms. The molecule has 8 heteroatoms. The molecule has 4 rings (SSSR count). The van der Waals surface area contributed by atoms with E-state index in [2.05, 4.69) is 15.1 Å². The number of anilines is 1. The van der Waals surface area contributed by atoms with Crippen LogP contribution in [0.2, 0.25) is 5.02 Å². The van der Waals surface area contributed by atoms with Crippen LogP contribution in [-0.2, 0) is 17.8 Å². The molecule has 0 saturated heterocycles. The summed E-state index contributed by atoms with van der Waals surface area (Å²) < 4.78 is 1.31. The third kappa shape index (κ3) is 4.43. The van der Waals surface area contributed by atoms with Gasteiger partial charge in [-0.2, -0.15) is 9.50 Å². The molecule has 0 fully saturated rings. The van der Waals surface area contributed by atoms with E-state index < -0.39 is 0 Å². The van der Waals surface area contributed by atoms with Gasteiger partial charge in [0.05, 0.1) is 12.2 Å². The molecule has 0 saturated carbocycles. The number of aryl methyl sites for hydroxylation is 1. The van der Waals surface area contributed by atoms with Gasteiger partial charge in [-0.1, -0.05) is 67.9 Å². The van der Waals surface area contributed by atoms with Gasteiger partial charge in [0, 0.05) is 22.9 Å². The van der Waals surface area contributed by atoms with Crippen molar-refractivity contribution in [3.8, 4) is 0 Å². The number of carbonyl (C=O) groups is 1. The molecule has 2 heterocycles. The molecule has 0 atom stereocenters. The summed E-state index contributed by atoms with van der Waals surface area (Å²) in [6.45, 7) is 5.75. The van der Waals surface area contributed by atoms with Crippen molar-refractivity contribution in [1.29, 1.82) is 0 Å². The summed E-state index contributed by atoms with van der Waals surface area (Å²) >= 11 is 5.99. The van der Waals surface area contributed by atoms with Crippen LogP contribution in [0.5, 0.6) is 0 Å². The highest BCUT2D eigenvalue weighted by Gasteiger charge is 2.24. The Balaban J connectivity index is 1.75. The van der Waals surface area contributed by atoms with E-state index in [0.717, 1.165) is 11.1 Å². The lowest BCUT2D eigenvalue weighted by atomic mass is 10.1. The van der Waals surface area contributed by atoms with E-state index in [4.69, 9.17) is 11.6 Å². The van der Waals surface area contributed by atoms with Gasteiger partial charge in [-0.25, -0.2) is 4.98 Å². The first kappa shape index (κ1) is 21.8. The molecular formula is C24H24ClN5O2. The zero-order chi connectivity index (χ0) is 22.8. The normalized spacial score (nSPS) is 11.3. The molecule has 0 aliphatic rings. The number of benzene rings is 2. The second-order valence-corrected chi connectivity index (χ2v) is 8.47. The van der Waals surface area contributed by atoms with Gasteiger partial charge in [0.1, 0.15) is 0 Å². The first-order chi connectivity index (χ1) is 15.3. The number of fused-ring (bicyclic) bond motifs is 1. The van der Waals surface area contributed by atoms with Crippen molar-refractivity contribution in [2.24, 2.45) is 5.92 Å². The number of H-pyrrole nitrogens is 1. The highest BCUT2D eigenvalue weighted by atomic mass is 35.5. The van der Waals surface area contributed by atoms with Crippen molar-refractivity contribution < 1.29 is 4.79 Å². The van der Waals surface area contributed by atoms with Gasteiger partial charge >= 0.3 is 0 Å². The number of aromatic nitrogens is 4. The summed E-state index contributed by atoms with van der Waals surface area (Å²) in [4.78, 5) is 36.7. The zero-order valence-electron chi connectivity index (χ0n) is 18.2. The van der Waals surface area contributed by atoms with E-state index in [1.807, 2.05) is 56.3 Å². The lowest BCUT2D eigenvalue weighted by Crippen LogP contribution is -2.34. The Hall–Kier alpha value is -3.45. The molecule has 1 amide bonds. The smallest absolute Gasteiger partial charge is 0.276 e. The monoisotopic (exact) mass is 449 g/mol. The molecule has 1 N–H and O–H groups in total. The molecule has 164 valence electrons. The Kier molecular flexibility index (Phi) is 6.10. The van der Waals surface area contributed by atoms with E-state index in [-0.39, 0.29) is 29.1 Å². The van der Waals surface area contributed by atoms with Crippen molar-refractivity contribution in [3.05, 3.63) is 92.4 Å². The van der Waals surface area contributed by atoms with Crippen LogP contribution in [0.4, 0.5) is 5.95 Å². The van der Waals surface area contributed by atoms with Crippen LogP contribution in [0.25, 0.3) is 5.78 Å². The second kappa shape index (κ2) is 8.96. The third-order valence-electron chi connectivity index (χ3n) is 5.28. The number of aromatic amines is 1. The van der Waals surface area contributed by atoms with Crippen LogP contribution in [0.1, 0.15) is 36.2 Å². The molecule has 0 radical (unpaired) electrons. The highest BCUT2D eigenvalue weighted by Crippen LogP contribution is 2.19. The topological polar surface area (TPSA) is 83.4 Å². The fraction of sp³-hybridized carbons (Fsp3) is 0.250. The molecule has 0 unspecified atom stereocenters. The average Bonchev–Trinajstić information content (AvgIpc) is 3.20. The van der Waals surface area contributed by atoms with Gasteiger partial charge in [0.2, 0.25) is 11.9 Å². The fourth-order valence-electron chi connectivity index (χ4n) is 3.51. The summed E-state index contributed by atoms with van der Waals surface area (Å²) in [6.07, 6.45) is 0.467. The lowest BCUT2D eigenvalue weighted by molar-refractivity contribution is -0.121. The minimum Gasteiger partial charge on any atom is -0.276 e. The molecule has 0 aliphatic carbocycles. The fourth-order valence-corrected chi connectivity index (χ4v) is 3.63. The Morgan fingerprint density at radius 2 is 1.75 bits per heavy atom. The third-order valence-corrected chi connectivity index (χ3v) is 5.53. The number of carbonyl (C=O) groups excluding carboxylic acids is 1. The van der Waals surface area contributed by atoms with Crippen molar-refractivity contribution >= 4 is 29.2 Å². The Morgan fingerprint density at radius 3 is 2.41 bits per heavy atom. The minimum atomic E-state index is -0.254. The summed E-state index contributed by atoms with van der Waals surface area (Å²) in [5.41, 5.74) is 2.90. The molecular weight excluding hydrogens is 426 g/mol. The zero-order valence-corrected chi connectivity index (χ0v) is 18.9. The van der Waals surface area contributed by atoms with Gasteiger partial charge in [-0.3, -0.25) is 19.6 Å². The summed E-state index contributed by atoms with van der Waals surface area (Å²) in [6, 6.07) is 17.0. The maximum absolute atomic E-state index is 13.2. The van der Waals surface area contributed by atoms with E-state index in [1.165, 1.54) is 9.42 Å². The molecule has 0 spiro atoms. The highest BCUT2D eigenvalue weighted by molar-refractivity contribution is 6.30. The summed E-state index contributed by atoms with van der Waals surface area (Å²) in [5, 5.41) is 3.62. The number of halogens is 1. The van der Waals surface area contributed by atoms with Crippen LogP contribution >= 0.6 is 11.6 Å². The van der Waals surface area contributed by atoms with Crippen LogP contribution in [-0.4, -0.2) is 25.5 Å². The van der Waals surface area contributed by atoms with Crippen LogP contribution < -0.4 is 10.5 Å². The predicted octanol–water partition coefficient (Wildman–Crippen LogP) is 4.16. The Labute approximate surface area is 190 Å². The maximum atomic E-state index is 13.2. The Bertz CT molecular complexity index is 1310. The van der Waals surface area contributed by atoms with Crippen LogP contribution in [0.3, 0.4) is 0 Å². The van der Waals surface area contributed by atoms with Crippen molar-refractivity contribution in [1.82, 2.24) is 19.6 Å². The van der Waals surface area contributed by atoms with Gasteiger partial charge in [-0.15, -0.1) is 0 Å². The van der Waals surface area contributed by atoms with Gasteiger partial charge in [0.15, 0.2) is 0 Å². The number of hydrogen-bond donors (Lipinski definition) is 1. The van der Waals surface area contributed by atoms with Gasteiger partial charge < -0.3 is 0 Å². The molecule has 2 aromatic carbocycles. The molecule has 4 aromatic rings. The van der Waals surface area contributed by atoms with E-state index in [1.54, 1.807) is 19.1 Å². The Morgan fingerprint density at radius 1 is 1.06 bits per heavy atom. The van der Waals surface area contributed by atoms with E-state index in [9.17, 15) is 9.59 Å². The predicted molar refractivity (Wildman–Crippen MR) is 125 cm³/mol. The van der Waals surface area contributed by atoms with Gasteiger partial charge in [-0.05, 0) is 30.2 Å². The van der Waals surface area contributed by atoms with Gasteiger partial charge in [0.25, 0.3) is 11.3 Å². The summed E-state index contributed by atoms with van der Waals surface area (Å²) in [5.74, 6) is 0.139. The first-order valence-electron chi connectivity index (χ1n) is 10.4. The number of rotatable bonds is 6. The van der Waals surface area contributed by atoms with Crippen molar-refractivity contribution in [3.63, 3.8) is 0 Å². The average molecular weight is 450 g/mol. The van der Waals surface area contributed by atoms with Crippen LogP contribution in [0, 0.1) is 12.8 Å². The van der Waals surface area contributed by atoms with Crippen LogP contribution in [0.15, 0.2) is 59.4 Å². The largest absolute Gasteiger partial charge is 0.277 e. The lowest BCUT2D eigenvalue weighted by Gasteiger charge is -2.21. The minimum absolute atomic E-state index is 0.117. The van der Waals surface area contributed by atoms with Crippen molar-refractivity contribution in [2.45, 2.75) is 33.7 Å². The maximum Gasteiger partial charge on any atom is 0.277 e. The standard InChI is InChI=1S/C24H24ClN5O2/c1-15(2)21(31)29(14-18-9-11-19(25)12-10-18)24-27-23-26-16(3)20(22(32)30(23)28-24)13-17-7-5-4-6-8-17/h4-12,15H,13-14H2,1-3H3,(H,26,27,28). The van der Waals surface area contributed by atoms with E-state index >= 15 is 0 Å². The summed E-state index contributed by atoms with van der Waals surface area (Å²) in [7, 11) is 0. The molecule has 0 aliphatic heterocycles. The second-order valence-electron chi connectivity index (χ2n) is 8.03. The number of nitrogens with zero attached hydrogens (tertiary/aromatic N) is 4. The quantitative estimate of drug-likeness (QED) is 0.479. The number of hydrogen-bond acceptors (Lipinski definition) is 4. The SMILES string of the molecule is Cc1nc2nc(N(Cc3ccc(Cl)cc3)C(=O)C(C)C)[nH]n2c(=O)c1Cc1ccccc1.